The molecule has 3 N–H and O–H groups in total. The predicted octanol–water partition coefficient (Wildman–Crippen LogP) is 2.64. The second-order valence-electron chi connectivity index (χ2n) is 8.08. The first-order chi connectivity index (χ1) is 14.4. The largest absolute Gasteiger partial charge is 0.484 e. The van der Waals surface area contributed by atoms with Crippen LogP contribution in [0.25, 0.3) is 0 Å². The molecule has 1 aliphatic carbocycles. The number of aromatic nitrogens is 2. The van der Waals surface area contributed by atoms with Gasteiger partial charge in [-0.05, 0) is 25.8 Å². The summed E-state index contributed by atoms with van der Waals surface area (Å²) in [7, 11) is 0. The van der Waals surface area contributed by atoms with Crippen molar-refractivity contribution in [3.8, 4) is 5.75 Å². The second-order valence-corrected chi connectivity index (χ2v) is 8.08. The number of rotatable bonds is 7. The minimum Gasteiger partial charge on any atom is -0.484 e. The molecule has 0 bridgehead atoms. The first-order valence-electron chi connectivity index (χ1n) is 10.1. The Morgan fingerprint density at radius 1 is 1.20 bits per heavy atom. The molecule has 0 amide bonds. The quantitative estimate of drug-likeness (QED) is 0.533. The van der Waals surface area contributed by atoms with E-state index in [-0.39, 0.29) is 29.4 Å². The molecule has 2 aromatic rings. The van der Waals surface area contributed by atoms with E-state index in [4.69, 9.17) is 15.9 Å². The van der Waals surface area contributed by atoms with Crippen LogP contribution in [0.3, 0.4) is 0 Å². The van der Waals surface area contributed by atoms with Gasteiger partial charge in [-0.1, -0.05) is 0 Å². The van der Waals surface area contributed by atoms with Gasteiger partial charge in [-0.25, -0.2) is 18.7 Å². The van der Waals surface area contributed by atoms with Crippen molar-refractivity contribution in [3.63, 3.8) is 0 Å². The Labute approximate surface area is 174 Å². The van der Waals surface area contributed by atoms with Gasteiger partial charge in [0.1, 0.15) is 24.4 Å². The number of hydrogen-bond donors (Lipinski definition) is 2. The monoisotopic (exact) mass is 416 g/mol. The average Bonchev–Trinajstić information content (AvgIpc) is 3.47. The highest BCUT2D eigenvalue weighted by Gasteiger charge is 2.40. The zero-order valence-electron chi connectivity index (χ0n) is 17.0. The van der Waals surface area contributed by atoms with E-state index in [2.05, 4.69) is 19.8 Å². The van der Waals surface area contributed by atoms with Gasteiger partial charge in [0.2, 0.25) is 0 Å². The Morgan fingerprint density at radius 2 is 1.93 bits per heavy atom. The molecule has 0 spiro atoms. The lowest BCUT2D eigenvalue weighted by molar-refractivity contribution is 0.191. The van der Waals surface area contributed by atoms with Gasteiger partial charge < -0.3 is 15.4 Å². The van der Waals surface area contributed by atoms with Crippen molar-refractivity contribution >= 4 is 17.2 Å². The summed E-state index contributed by atoms with van der Waals surface area (Å²) >= 11 is 0. The van der Waals surface area contributed by atoms with Crippen molar-refractivity contribution in [3.05, 3.63) is 41.6 Å². The standard InChI is InChI=1S/C21H26F2N6O/c1-21(2-3-21)30-18-10-14(16(24)11-15(18)23)20(25)17-12-19(27-13-26-17)29-8-6-28(5-4-22)7-9-29/h10-13,25H,2-9,24H2,1H3. The fraction of sp³-hybridized carbons (Fsp3) is 0.476. The zero-order chi connectivity index (χ0) is 21.3. The van der Waals surface area contributed by atoms with Gasteiger partial charge in [0.15, 0.2) is 11.6 Å². The number of hydrogen-bond acceptors (Lipinski definition) is 7. The van der Waals surface area contributed by atoms with Gasteiger partial charge in [-0.15, -0.1) is 0 Å². The van der Waals surface area contributed by atoms with Crippen molar-refractivity contribution in [1.29, 1.82) is 5.41 Å². The van der Waals surface area contributed by atoms with Crippen LogP contribution in [0.2, 0.25) is 0 Å². The lowest BCUT2D eigenvalue weighted by Crippen LogP contribution is -2.47. The third-order valence-electron chi connectivity index (χ3n) is 5.69. The van der Waals surface area contributed by atoms with Gasteiger partial charge in [0.25, 0.3) is 0 Å². The summed E-state index contributed by atoms with van der Waals surface area (Å²) in [5.41, 5.74) is 6.67. The highest BCUT2D eigenvalue weighted by atomic mass is 19.1. The van der Waals surface area contributed by atoms with Crippen molar-refractivity contribution in [2.45, 2.75) is 25.4 Å². The van der Waals surface area contributed by atoms with Crippen LogP contribution in [0.5, 0.6) is 5.75 Å². The Balaban J connectivity index is 1.54. The Bertz CT molecular complexity index is 941. The molecule has 1 aliphatic heterocycles. The van der Waals surface area contributed by atoms with Gasteiger partial charge in [-0.3, -0.25) is 10.3 Å². The van der Waals surface area contributed by atoms with E-state index < -0.39 is 5.82 Å². The molecular weight excluding hydrogens is 390 g/mol. The summed E-state index contributed by atoms with van der Waals surface area (Å²) in [6.45, 7) is 4.98. The molecule has 4 rings (SSSR count). The maximum Gasteiger partial charge on any atom is 0.167 e. The number of nitrogens with two attached hydrogens (primary N) is 1. The fourth-order valence-corrected chi connectivity index (χ4v) is 3.52. The number of halogens is 2. The van der Waals surface area contributed by atoms with Crippen molar-refractivity contribution in [2.24, 2.45) is 0 Å². The first-order valence-corrected chi connectivity index (χ1v) is 10.1. The normalized spacial score (nSPS) is 18.3. The zero-order valence-corrected chi connectivity index (χ0v) is 17.0. The molecule has 1 aromatic heterocycles. The van der Waals surface area contributed by atoms with Gasteiger partial charge in [0.05, 0.1) is 11.4 Å². The van der Waals surface area contributed by atoms with E-state index in [0.717, 1.165) is 39.0 Å². The van der Waals surface area contributed by atoms with Crippen LogP contribution in [-0.2, 0) is 0 Å². The topological polar surface area (TPSA) is 91.4 Å². The van der Waals surface area contributed by atoms with Crippen LogP contribution >= 0.6 is 0 Å². The van der Waals surface area contributed by atoms with Gasteiger partial charge >= 0.3 is 0 Å². The molecular formula is C21H26F2N6O. The molecule has 0 atom stereocenters. The summed E-state index contributed by atoms with van der Waals surface area (Å²) in [6.07, 6.45) is 3.16. The van der Waals surface area contributed by atoms with E-state index in [0.29, 0.717) is 23.6 Å². The number of nitrogens with one attached hydrogen (secondary N) is 1. The Morgan fingerprint density at radius 3 is 2.60 bits per heavy atom. The molecule has 2 heterocycles. The number of benzene rings is 1. The van der Waals surface area contributed by atoms with Crippen LogP contribution < -0.4 is 15.4 Å². The number of anilines is 2. The van der Waals surface area contributed by atoms with Gasteiger partial charge in [-0.2, -0.15) is 0 Å². The second kappa shape index (κ2) is 8.14. The van der Waals surface area contributed by atoms with Crippen LogP contribution in [0.1, 0.15) is 31.0 Å². The summed E-state index contributed by atoms with van der Waals surface area (Å²) in [6, 6.07) is 4.41. The maximum atomic E-state index is 14.3. The van der Waals surface area contributed by atoms with Crippen LogP contribution in [0.15, 0.2) is 24.5 Å². The smallest absolute Gasteiger partial charge is 0.167 e. The molecule has 1 aromatic carbocycles. The molecule has 0 radical (unpaired) electrons. The molecule has 2 aliphatic rings. The Kier molecular flexibility index (Phi) is 5.55. The molecule has 2 fully saturated rings. The van der Waals surface area contributed by atoms with Crippen molar-refractivity contribution < 1.29 is 13.5 Å². The van der Waals surface area contributed by atoms with E-state index >= 15 is 0 Å². The summed E-state index contributed by atoms with van der Waals surface area (Å²) < 4.78 is 32.6. The lowest BCUT2D eigenvalue weighted by Gasteiger charge is -2.34. The van der Waals surface area contributed by atoms with E-state index in [1.807, 2.05) is 6.92 Å². The van der Waals surface area contributed by atoms with Crippen LogP contribution in [0, 0.1) is 11.2 Å². The Hall–Kier alpha value is -2.81. The first kappa shape index (κ1) is 20.5. The van der Waals surface area contributed by atoms with Crippen LogP contribution in [-0.4, -0.2) is 65.6 Å². The average molecular weight is 416 g/mol. The van der Waals surface area contributed by atoms with E-state index in [9.17, 15) is 8.78 Å². The minimum absolute atomic E-state index is 0.0815. The van der Waals surface area contributed by atoms with E-state index in [1.165, 1.54) is 18.5 Å². The highest BCUT2D eigenvalue weighted by molar-refractivity contribution is 6.13. The molecule has 30 heavy (non-hydrogen) atoms. The number of nitrogens with zero attached hydrogens (tertiary/aromatic N) is 4. The minimum atomic E-state index is -0.535. The van der Waals surface area contributed by atoms with Crippen molar-refractivity contribution in [1.82, 2.24) is 14.9 Å². The molecule has 1 saturated carbocycles. The SMILES string of the molecule is CC1(Oc2cc(C(=N)c3cc(N4CCN(CCF)CC4)ncn3)c(N)cc2F)CC1. The third-order valence-corrected chi connectivity index (χ3v) is 5.69. The fourth-order valence-electron chi connectivity index (χ4n) is 3.52. The molecule has 7 nitrogen and oxygen atoms in total. The molecule has 160 valence electrons. The number of ether oxygens (including phenoxy) is 1. The van der Waals surface area contributed by atoms with Gasteiger partial charge in [0, 0.05) is 56.1 Å². The maximum absolute atomic E-state index is 14.3. The molecule has 0 unspecified atom stereocenters. The van der Waals surface area contributed by atoms with Crippen molar-refractivity contribution in [2.75, 3.05) is 50.0 Å². The number of nitrogen functional groups attached to an aromatic ring is 1. The molecule has 1 saturated heterocycles. The summed E-state index contributed by atoms with van der Waals surface area (Å²) in [5, 5.41) is 8.61. The molecule has 9 heteroatoms. The number of alkyl halides is 1. The predicted molar refractivity (Wildman–Crippen MR) is 112 cm³/mol. The summed E-state index contributed by atoms with van der Waals surface area (Å²) in [5.74, 6) is 0.265. The number of piperazine rings is 1. The summed E-state index contributed by atoms with van der Waals surface area (Å²) in [4.78, 5) is 12.7. The third kappa shape index (κ3) is 4.35. The lowest BCUT2D eigenvalue weighted by atomic mass is 10.0. The van der Waals surface area contributed by atoms with Crippen LogP contribution in [0.4, 0.5) is 20.3 Å². The van der Waals surface area contributed by atoms with E-state index in [1.54, 1.807) is 6.07 Å². The highest BCUT2D eigenvalue weighted by Crippen LogP contribution is 2.41.